The summed E-state index contributed by atoms with van der Waals surface area (Å²) >= 11 is 1.49. The Morgan fingerprint density at radius 1 is 1.35 bits per heavy atom. The van der Waals surface area contributed by atoms with Crippen molar-refractivity contribution in [3.05, 3.63) is 29.6 Å². The molecule has 0 amide bonds. The predicted octanol–water partition coefficient (Wildman–Crippen LogP) is 2.00. The number of thioether (sulfide) groups is 1. The first-order valence-corrected chi connectivity index (χ1v) is 6.13. The molecule has 2 aromatic heterocycles. The summed E-state index contributed by atoms with van der Waals surface area (Å²) in [7, 11) is 0. The highest BCUT2D eigenvalue weighted by atomic mass is 32.2. The van der Waals surface area contributed by atoms with Gasteiger partial charge in [0, 0.05) is 5.69 Å². The lowest BCUT2D eigenvalue weighted by molar-refractivity contribution is 0.765. The first kappa shape index (κ1) is 11.7. The molecule has 0 aromatic carbocycles. The Balaban J connectivity index is 2.24. The second-order valence-electron chi connectivity index (χ2n) is 3.56. The van der Waals surface area contributed by atoms with Gasteiger partial charge < -0.3 is 0 Å². The summed E-state index contributed by atoms with van der Waals surface area (Å²) in [5, 5.41) is 13.4. The van der Waals surface area contributed by atoms with Crippen LogP contribution in [-0.4, -0.2) is 25.7 Å². The predicted molar refractivity (Wildman–Crippen MR) is 68.2 cm³/mol. The molecule has 0 spiro atoms. The van der Waals surface area contributed by atoms with Gasteiger partial charge in [-0.1, -0.05) is 17.7 Å². The molecule has 0 saturated carbocycles. The highest BCUT2D eigenvalue weighted by Gasteiger charge is 2.05. The molecule has 0 radical (unpaired) electrons. The number of hydrogen-bond acceptors (Lipinski definition) is 4. The zero-order valence-corrected chi connectivity index (χ0v) is 10.5. The number of hydrogen-bond donors (Lipinski definition) is 0. The molecule has 2 aromatic rings. The Bertz CT molecular complexity index is 551. The van der Waals surface area contributed by atoms with E-state index in [2.05, 4.69) is 21.2 Å². The Labute approximate surface area is 104 Å². The van der Waals surface area contributed by atoms with E-state index < -0.39 is 0 Å². The Morgan fingerprint density at radius 2 is 2.18 bits per heavy atom. The standard InChI is InChI=1S/C12H12N4S/c1-4-7-17-12-6-5-11(13-14-12)16-10(3)8-9(2)15-16/h1,5-6,8H,7H2,2-3H3. The zero-order valence-electron chi connectivity index (χ0n) is 9.71. The van der Waals surface area contributed by atoms with Gasteiger partial charge in [0.15, 0.2) is 5.82 Å². The minimum absolute atomic E-state index is 0.605. The second-order valence-corrected chi connectivity index (χ2v) is 4.56. The lowest BCUT2D eigenvalue weighted by Gasteiger charge is -2.02. The van der Waals surface area contributed by atoms with E-state index in [1.807, 2.05) is 32.0 Å². The van der Waals surface area contributed by atoms with Crippen molar-refractivity contribution in [3.8, 4) is 18.2 Å². The van der Waals surface area contributed by atoms with E-state index in [0.717, 1.165) is 22.2 Å². The van der Waals surface area contributed by atoms with Crippen LogP contribution in [0.25, 0.3) is 5.82 Å². The maximum absolute atomic E-state index is 5.19. The molecule has 2 rings (SSSR count). The van der Waals surface area contributed by atoms with Crippen molar-refractivity contribution >= 4 is 11.8 Å². The average molecular weight is 244 g/mol. The van der Waals surface area contributed by atoms with Gasteiger partial charge in [-0.3, -0.25) is 0 Å². The van der Waals surface area contributed by atoms with Crippen molar-refractivity contribution in [2.75, 3.05) is 5.75 Å². The molecule has 0 fully saturated rings. The largest absolute Gasteiger partial charge is 0.218 e. The van der Waals surface area contributed by atoms with E-state index in [4.69, 9.17) is 6.42 Å². The topological polar surface area (TPSA) is 43.6 Å². The summed E-state index contributed by atoms with van der Waals surface area (Å²) in [5.74, 6) is 3.88. The molecule has 4 nitrogen and oxygen atoms in total. The van der Waals surface area contributed by atoms with Gasteiger partial charge in [-0.15, -0.1) is 16.6 Å². The first-order valence-electron chi connectivity index (χ1n) is 5.14. The van der Waals surface area contributed by atoms with E-state index in [1.54, 1.807) is 4.68 Å². The van der Waals surface area contributed by atoms with Gasteiger partial charge in [-0.05, 0) is 32.0 Å². The van der Waals surface area contributed by atoms with Gasteiger partial charge in [0.2, 0.25) is 0 Å². The van der Waals surface area contributed by atoms with Crippen LogP contribution in [0.15, 0.2) is 23.2 Å². The summed E-state index contributed by atoms with van der Waals surface area (Å²) in [6.45, 7) is 3.94. The van der Waals surface area contributed by atoms with Crippen LogP contribution >= 0.6 is 11.8 Å². The summed E-state index contributed by atoms with van der Waals surface area (Å²) < 4.78 is 1.78. The smallest absolute Gasteiger partial charge is 0.175 e. The van der Waals surface area contributed by atoms with Crippen molar-refractivity contribution in [3.63, 3.8) is 0 Å². The average Bonchev–Trinajstić information content (AvgIpc) is 2.66. The lowest BCUT2D eigenvalue weighted by atomic mass is 10.4. The molecule has 2 heterocycles. The maximum Gasteiger partial charge on any atom is 0.175 e. The molecule has 0 saturated heterocycles. The molecule has 0 aliphatic carbocycles. The first-order chi connectivity index (χ1) is 8.20. The lowest BCUT2D eigenvalue weighted by Crippen LogP contribution is -2.03. The fourth-order valence-electron chi connectivity index (χ4n) is 1.48. The Morgan fingerprint density at radius 3 is 2.71 bits per heavy atom. The summed E-state index contributed by atoms with van der Waals surface area (Å²) in [4.78, 5) is 0. The van der Waals surface area contributed by atoms with E-state index >= 15 is 0 Å². The fourth-order valence-corrected chi connectivity index (χ4v) is 1.97. The molecular formula is C12H12N4S. The number of terminal acetylenes is 1. The third-order valence-corrected chi connectivity index (χ3v) is 2.98. The summed E-state index contributed by atoms with van der Waals surface area (Å²) in [5.41, 5.74) is 2.01. The highest BCUT2D eigenvalue weighted by Crippen LogP contribution is 2.15. The van der Waals surface area contributed by atoms with Crippen LogP contribution < -0.4 is 0 Å². The molecule has 0 bridgehead atoms. The van der Waals surface area contributed by atoms with Gasteiger partial charge in [0.05, 0.1) is 11.4 Å². The molecule has 0 aliphatic rings. The normalized spacial score (nSPS) is 10.2. The Hall–Kier alpha value is -1.80. The van der Waals surface area contributed by atoms with Crippen molar-refractivity contribution < 1.29 is 0 Å². The van der Waals surface area contributed by atoms with E-state index in [9.17, 15) is 0 Å². The van der Waals surface area contributed by atoms with Crippen molar-refractivity contribution in [2.45, 2.75) is 18.9 Å². The quantitative estimate of drug-likeness (QED) is 0.612. The van der Waals surface area contributed by atoms with Crippen LogP contribution in [-0.2, 0) is 0 Å². The third kappa shape index (κ3) is 2.66. The van der Waals surface area contributed by atoms with Crippen LogP contribution in [0.1, 0.15) is 11.4 Å². The van der Waals surface area contributed by atoms with Crippen molar-refractivity contribution in [2.24, 2.45) is 0 Å². The minimum Gasteiger partial charge on any atom is -0.218 e. The van der Waals surface area contributed by atoms with Crippen LogP contribution in [0.2, 0.25) is 0 Å². The monoisotopic (exact) mass is 244 g/mol. The molecule has 0 aliphatic heterocycles. The summed E-state index contributed by atoms with van der Waals surface area (Å²) in [6.07, 6.45) is 5.19. The zero-order chi connectivity index (χ0) is 12.3. The highest BCUT2D eigenvalue weighted by molar-refractivity contribution is 7.99. The van der Waals surface area contributed by atoms with Gasteiger partial charge >= 0.3 is 0 Å². The number of rotatable bonds is 3. The van der Waals surface area contributed by atoms with Gasteiger partial charge in [-0.25, -0.2) is 4.68 Å². The number of nitrogens with zero attached hydrogens (tertiary/aromatic N) is 4. The molecular weight excluding hydrogens is 232 g/mol. The number of aromatic nitrogens is 4. The maximum atomic E-state index is 5.19. The molecule has 0 atom stereocenters. The summed E-state index contributed by atoms with van der Waals surface area (Å²) in [6, 6.07) is 5.80. The van der Waals surface area contributed by atoms with Gasteiger partial charge in [0.1, 0.15) is 5.03 Å². The van der Waals surface area contributed by atoms with E-state index in [-0.39, 0.29) is 0 Å². The second kappa shape index (κ2) is 5.02. The van der Waals surface area contributed by atoms with Crippen LogP contribution in [0.3, 0.4) is 0 Å². The number of aryl methyl sites for hydroxylation is 2. The molecule has 0 unspecified atom stereocenters. The molecule has 86 valence electrons. The minimum atomic E-state index is 0.605. The SMILES string of the molecule is C#CCSc1ccc(-n2nc(C)cc2C)nn1. The van der Waals surface area contributed by atoms with Gasteiger partial charge in [0.25, 0.3) is 0 Å². The third-order valence-electron chi connectivity index (χ3n) is 2.16. The van der Waals surface area contributed by atoms with Crippen LogP contribution in [0.4, 0.5) is 0 Å². The molecule has 5 heteroatoms. The van der Waals surface area contributed by atoms with Crippen molar-refractivity contribution in [1.29, 1.82) is 0 Å². The van der Waals surface area contributed by atoms with E-state index in [0.29, 0.717) is 5.75 Å². The van der Waals surface area contributed by atoms with Crippen LogP contribution in [0, 0.1) is 26.2 Å². The fraction of sp³-hybridized carbons (Fsp3) is 0.250. The molecule has 0 N–H and O–H groups in total. The Kier molecular flexibility index (Phi) is 3.45. The van der Waals surface area contributed by atoms with E-state index in [1.165, 1.54) is 11.8 Å². The van der Waals surface area contributed by atoms with Gasteiger partial charge in [-0.2, -0.15) is 5.10 Å². The van der Waals surface area contributed by atoms with Crippen molar-refractivity contribution in [1.82, 2.24) is 20.0 Å². The van der Waals surface area contributed by atoms with Crippen LogP contribution in [0.5, 0.6) is 0 Å². The molecule has 17 heavy (non-hydrogen) atoms.